The average Bonchev–Trinajstić information content (AvgIpc) is 3.10. The highest BCUT2D eigenvalue weighted by atomic mass is 32.2. The van der Waals surface area contributed by atoms with E-state index in [0.717, 1.165) is 33.7 Å². The van der Waals surface area contributed by atoms with Gasteiger partial charge >= 0.3 is 0 Å². The van der Waals surface area contributed by atoms with Crippen molar-refractivity contribution in [3.63, 3.8) is 0 Å². The van der Waals surface area contributed by atoms with Crippen LogP contribution in [0.3, 0.4) is 0 Å². The third-order valence-corrected chi connectivity index (χ3v) is 5.01. The lowest BCUT2D eigenvalue weighted by Crippen LogP contribution is -2.14. The van der Waals surface area contributed by atoms with Crippen LogP contribution in [0.1, 0.15) is 28.1 Å². The van der Waals surface area contributed by atoms with E-state index in [1.165, 1.54) is 11.8 Å². The van der Waals surface area contributed by atoms with Crippen LogP contribution in [-0.4, -0.2) is 21.9 Å². The summed E-state index contributed by atoms with van der Waals surface area (Å²) in [6.45, 7) is 8.12. The maximum Gasteiger partial charge on any atom is 0.277 e. The molecule has 3 aromatic rings. The second kappa shape index (κ2) is 8.93. The normalized spacial score (nSPS) is 10.7. The van der Waals surface area contributed by atoms with Crippen LogP contribution in [0.5, 0.6) is 5.75 Å². The van der Waals surface area contributed by atoms with Crippen LogP contribution in [-0.2, 0) is 11.4 Å². The number of para-hydroxylation sites is 1. The number of amides is 1. The molecule has 0 spiro atoms. The molecule has 0 unspecified atom stereocenters. The summed E-state index contributed by atoms with van der Waals surface area (Å²) in [4.78, 5) is 12.2. The fourth-order valence-corrected chi connectivity index (χ4v) is 3.28. The Hall–Kier alpha value is -2.80. The molecule has 0 saturated carbocycles. The number of anilines is 1. The van der Waals surface area contributed by atoms with Crippen molar-refractivity contribution < 1.29 is 13.9 Å². The Bertz CT molecular complexity index is 965. The molecule has 0 aliphatic rings. The molecule has 0 saturated heterocycles. The third-order valence-electron chi connectivity index (χ3n) is 4.19. The van der Waals surface area contributed by atoms with Crippen LogP contribution in [0, 0.1) is 27.7 Å². The molecule has 2 aromatic carbocycles. The molecule has 3 rings (SSSR count). The SMILES string of the molecule is Cc1ccc(C)c(NC(=O)CSc2nnc(COc3c(C)cccc3C)o2)c1. The molecule has 0 bridgehead atoms. The van der Waals surface area contributed by atoms with Gasteiger partial charge in [0.05, 0.1) is 5.75 Å². The molecule has 1 heterocycles. The van der Waals surface area contributed by atoms with Gasteiger partial charge in [-0.05, 0) is 56.0 Å². The number of thioether (sulfide) groups is 1. The van der Waals surface area contributed by atoms with Gasteiger partial charge in [-0.25, -0.2) is 0 Å². The lowest BCUT2D eigenvalue weighted by Gasteiger charge is -2.09. The molecule has 0 aliphatic heterocycles. The molecule has 1 amide bonds. The first-order valence-electron chi connectivity index (χ1n) is 8.93. The first-order chi connectivity index (χ1) is 13.4. The summed E-state index contributed by atoms with van der Waals surface area (Å²) in [5.41, 5.74) is 5.04. The summed E-state index contributed by atoms with van der Waals surface area (Å²) in [5, 5.41) is 11.2. The molecule has 146 valence electrons. The summed E-state index contributed by atoms with van der Waals surface area (Å²) >= 11 is 1.20. The van der Waals surface area contributed by atoms with Crippen molar-refractivity contribution >= 4 is 23.4 Å². The summed E-state index contributed by atoms with van der Waals surface area (Å²) in [6.07, 6.45) is 0. The maximum absolute atomic E-state index is 12.2. The van der Waals surface area contributed by atoms with Crippen LogP contribution < -0.4 is 10.1 Å². The van der Waals surface area contributed by atoms with Gasteiger partial charge in [0.1, 0.15) is 5.75 Å². The topological polar surface area (TPSA) is 77.2 Å². The Morgan fingerprint density at radius 1 is 1.07 bits per heavy atom. The number of hydrogen-bond acceptors (Lipinski definition) is 6. The predicted molar refractivity (Wildman–Crippen MR) is 110 cm³/mol. The van der Waals surface area contributed by atoms with E-state index in [1.54, 1.807) is 0 Å². The second-order valence-electron chi connectivity index (χ2n) is 6.63. The van der Waals surface area contributed by atoms with Gasteiger partial charge in [-0.2, -0.15) is 0 Å². The van der Waals surface area contributed by atoms with E-state index < -0.39 is 0 Å². The van der Waals surface area contributed by atoms with Crippen molar-refractivity contribution in [2.45, 2.75) is 39.5 Å². The zero-order valence-electron chi connectivity index (χ0n) is 16.4. The highest BCUT2D eigenvalue weighted by Crippen LogP contribution is 2.24. The number of carbonyl (C=O) groups excluding carboxylic acids is 1. The van der Waals surface area contributed by atoms with Gasteiger partial charge in [-0.3, -0.25) is 4.79 Å². The molecule has 6 nitrogen and oxygen atoms in total. The van der Waals surface area contributed by atoms with Crippen LogP contribution in [0.15, 0.2) is 46.0 Å². The first-order valence-corrected chi connectivity index (χ1v) is 9.92. The first kappa shape index (κ1) is 19.9. The van der Waals surface area contributed by atoms with E-state index in [1.807, 2.05) is 64.1 Å². The minimum absolute atomic E-state index is 0.120. The molecule has 1 N–H and O–H groups in total. The van der Waals surface area contributed by atoms with Gasteiger partial charge in [0.25, 0.3) is 11.1 Å². The van der Waals surface area contributed by atoms with E-state index >= 15 is 0 Å². The van der Waals surface area contributed by atoms with Gasteiger partial charge in [0.15, 0.2) is 6.61 Å². The predicted octanol–water partition coefficient (Wildman–Crippen LogP) is 4.61. The fraction of sp³-hybridized carbons (Fsp3) is 0.286. The number of aryl methyl sites for hydroxylation is 4. The molecule has 0 fully saturated rings. The Balaban J connectivity index is 1.52. The molecule has 0 radical (unpaired) electrons. The largest absolute Gasteiger partial charge is 0.483 e. The monoisotopic (exact) mass is 397 g/mol. The van der Waals surface area contributed by atoms with Crippen molar-refractivity contribution in [1.29, 1.82) is 0 Å². The number of ether oxygens (including phenoxy) is 1. The van der Waals surface area contributed by atoms with Crippen LogP contribution >= 0.6 is 11.8 Å². The Labute approximate surface area is 168 Å². The van der Waals surface area contributed by atoms with E-state index in [0.29, 0.717) is 11.1 Å². The van der Waals surface area contributed by atoms with Gasteiger partial charge in [0, 0.05) is 5.69 Å². The van der Waals surface area contributed by atoms with Gasteiger partial charge in [0.2, 0.25) is 5.91 Å². The van der Waals surface area contributed by atoms with Crippen molar-refractivity contribution in [1.82, 2.24) is 10.2 Å². The number of carbonyl (C=O) groups is 1. The molecular weight excluding hydrogens is 374 g/mol. The molecular formula is C21H23N3O3S. The number of rotatable bonds is 7. The highest BCUT2D eigenvalue weighted by molar-refractivity contribution is 7.99. The fourth-order valence-electron chi connectivity index (χ4n) is 2.70. The van der Waals surface area contributed by atoms with E-state index in [9.17, 15) is 4.79 Å². The Morgan fingerprint density at radius 3 is 2.57 bits per heavy atom. The van der Waals surface area contributed by atoms with Crippen molar-refractivity contribution in [3.8, 4) is 5.75 Å². The third kappa shape index (κ3) is 5.13. The van der Waals surface area contributed by atoms with Crippen molar-refractivity contribution in [2.24, 2.45) is 0 Å². The summed E-state index contributed by atoms with van der Waals surface area (Å²) < 4.78 is 11.4. The molecule has 28 heavy (non-hydrogen) atoms. The lowest BCUT2D eigenvalue weighted by atomic mass is 10.1. The minimum Gasteiger partial charge on any atom is -0.483 e. The summed E-state index contributed by atoms with van der Waals surface area (Å²) in [5.74, 6) is 1.26. The number of hydrogen-bond donors (Lipinski definition) is 1. The smallest absolute Gasteiger partial charge is 0.277 e. The van der Waals surface area contributed by atoms with E-state index in [2.05, 4.69) is 15.5 Å². The van der Waals surface area contributed by atoms with Crippen LogP contribution in [0.4, 0.5) is 5.69 Å². The summed E-state index contributed by atoms with van der Waals surface area (Å²) in [7, 11) is 0. The zero-order chi connectivity index (χ0) is 20.1. The van der Waals surface area contributed by atoms with Gasteiger partial charge in [-0.1, -0.05) is 42.1 Å². The Kier molecular flexibility index (Phi) is 6.36. The van der Waals surface area contributed by atoms with E-state index in [4.69, 9.17) is 9.15 Å². The highest BCUT2D eigenvalue weighted by Gasteiger charge is 2.12. The maximum atomic E-state index is 12.2. The molecule has 0 atom stereocenters. The second-order valence-corrected chi connectivity index (χ2v) is 7.55. The zero-order valence-corrected chi connectivity index (χ0v) is 17.2. The van der Waals surface area contributed by atoms with Crippen molar-refractivity contribution in [3.05, 3.63) is 64.5 Å². The number of nitrogens with one attached hydrogen (secondary N) is 1. The molecule has 1 aromatic heterocycles. The molecule has 7 heteroatoms. The van der Waals surface area contributed by atoms with Gasteiger partial charge < -0.3 is 14.5 Å². The summed E-state index contributed by atoms with van der Waals surface area (Å²) in [6, 6.07) is 11.9. The lowest BCUT2D eigenvalue weighted by molar-refractivity contribution is -0.113. The average molecular weight is 398 g/mol. The minimum atomic E-state index is -0.120. The van der Waals surface area contributed by atoms with E-state index in [-0.39, 0.29) is 18.3 Å². The Morgan fingerprint density at radius 2 is 1.82 bits per heavy atom. The number of benzene rings is 2. The van der Waals surface area contributed by atoms with Crippen molar-refractivity contribution in [2.75, 3.05) is 11.1 Å². The van der Waals surface area contributed by atoms with Crippen LogP contribution in [0.2, 0.25) is 0 Å². The standard InChI is InChI=1S/C21H23N3O3S/c1-13-8-9-14(2)17(10-13)22-18(25)12-28-21-24-23-19(27-21)11-26-20-15(3)6-5-7-16(20)4/h5-10H,11-12H2,1-4H3,(H,22,25). The van der Waals surface area contributed by atoms with Crippen LogP contribution in [0.25, 0.3) is 0 Å². The van der Waals surface area contributed by atoms with Gasteiger partial charge in [-0.15, -0.1) is 10.2 Å². The number of aromatic nitrogens is 2. The molecule has 0 aliphatic carbocycles. The quantitative estimate of drug-likeness (QED) is 0.587. The number of nitrogens with zero attached hydrogens (tertiary/aromatic N) is 2.